The monoisotopic (exact) mass is 265 g/mol. The fraction of sp³-hybridized carbons (Fsp3) is 0.400. The summed E-state index contributed by atoms with van der Waals surface area (Å²) in [6.07, 6.45) is -4.53. The van der Waals surface area contributed by atoms with E-state index >= 15 is 0 Å². The molecule has 2 atom stereocenters. The lowest BCUT2D eigenvalue weighted by Crippen LogP contribution is -2.15. The summed E-state index contributed by atoms with van der Waals surface area (Å²) in [6, 6.07) is 3.67. The van der Waals surface area contributed by atoms with Gasteiger partial charge in [-0.25, -0.2) is 8.42 Å². The van der Waals surface area contributed by atoms with Crippen molar-refractivity contribution in [1.82, 2.24) is 4.31 Å². The van der Waals surface area contributed by atoms with Gasteiger partial charge in [-0.15, -0.1) is 0 Å². The highest BCUT2D eigenvalue weighted by molar-refractivity contribution is 7.89. The van der Waals surface area contributed by atoms with Crippen molar-refractivity contribution >= 4 is 10.0 Å². The summed E-state index contributed by atoms with van der Waals surface area (Å²) in [7, 11) is -3.76. The third-order valence-corrected chi connectivity index (χ3v) is 4.55. The fourth-order valence-corrected chi connectivity index (χ4v) is 3.20. The van der Waals surface area contributed by atoms with E-state index in [9.17, 15) is 21.6 Å². The molecule has 0 amide bonds. The number of sulfonamides is 1. The van der Waals surface area contributed by atoms with Gasteiger partial charge < -0.3 is 0 Å². The van der Waals surface area contributed by atoms with E-state index in [0.717, 1.165) is 16.4 Å². The Balaban J connectivity index is 2.41. The highest BCUT2D eigenvalue weighted by atomic mass is 32.2. The highest BCUT2D eigenvalue weighted by Gasteiger charge is 2.42. The van der Waals surface area contributed by atoms with E-state index in [1.165, 1.54) is 6.07 Å². The van der Waals surface area contributed by atoms with E-state index in [4.69, 9.17) is 0 Å². The minimum Gasteiger partial charge on any atom is -0.207 e. The van der Waals surface area contributed by atoms with Gasteiger partial charge in [-0.3, -0.25) is 0 Å². The molecule has 0 saturated carbocycles. The molecule has 1 aromatic carbocycles. The average molecular weight is 265 g/mol. The van der Waals surface area contributed by atoms with Gasteiger partial charge in [0.25, 0.3) is 0 Å². The van der Waals surface area contributed by atoms with E-state index in [-0.39, 0.29) is 10.9 Å². The zero-order valence-corrected chi connectivity index (χ0v) is 9.72. The van der Waals surface area contributed by atoms with E-state index < -0.39 is 21.8 Å². The van der Waals surface area contributed by atoms with Crippen molar-refractivity contribution in [1.29, 1.82) is 0 Å². The molecule has 0 aliphatic carbocycles. The number of benzene rings is 1. The molecule has 7 heteroatoms. The Labute approximate surface area is 96.9 Å². The van der Waals surface area contributed by atoms with Gasteiger partial charge in [0.2, 0.25) is 10.0 Å². The second kappa shape index (κ2) is 3.71. The molecule has 94 valence electrons. The van der Waals surface area contributed by atoms with Crippen LogP contribution in [-0.4, -0.2) is 25.3 Å². The average Bonchev–Trinajstić information content (AvgIpc) is 2.95. The second-order valence-electron chi connectivity index (χ2n) is 3.95. The van der Waals surface area contributed by atoms with Crippen LogP contribution in [0.1, 0.15) is 12.5 Å². The molecule has 1 saturated heterocycles. The van der Waals surface area contributed by atoms with Gasteiger partial charge in [0.05, 0.1) is 10.5 Å². The summed E-state index contributed by atoms with van der Waals surface area (Å²) < 4.78 is 62.2. The number of rotatable bonds is 2. The summed E-state index contributed by atoms with van der Waals surface area (Å²) in [5, 5.41) is 0. The number of halogens is 3. The molecule has 17 heavy (non-hydrogen) atoms. The summed E-state index contributed by atoms with van der Waals surface area (Å²) in [6.45, 7) is 2.06. The molecule has 0 N–H and O–H groups in total. The molecule has 1 aliphatic heterocycles. The normalized spacial score (nSPS) is 24.7. The first kappa shape index (κ1) is 12.4. The predicted molar refractivity (Wildman–Crippen MR) is 54.8 cm³/mol. The molecular weight excluding hydrogens is 255 g/mol. The topological polar surface area (TPSA) is 37.1 Å². The first-order valence-corrected chi connectivity index (χ1v) is 6.36. The molecule has 1 fully saturated rings. The van der Waals surface area contributed by atoms with Gasteiger partial charge >= 0.3 is 6.18 Å². The maximum atomic E-state index is 12.4. The largest absolute Gasteiger partial charge is 0.416 e. The third-order valence-electron chi connectivity index (χ3n) is 2.57. The minimum absolute atomic E-state index is 0.130. The Kier molecular flexibility index (Phi) is 2.70. The number of hydrogen-bond donors (Lipinski definition) is 0. The van der Waals surface area contributed by atoms with E-state index in [2.05, 4.69) is 0 Å². The number of nitrogens with zero attached hydrogens (tertiary/aromatic N) is 1. The van der Waals surface area contributed by atoms with E-state index in [0.29, 0.717) is 12.6 Å². The smallest absolute Gasteiger partial charge is 0.207 e. The van der Waals surface area contributed by atoms with Crippen molar-refractivity contribution in [2.75, 3.05) is 6.54 Å². The van der Waals surface area contributed by atoms with Crippen molar-refractivity contribution in [3.8, 4) is 0 Å². The van der Waals surface area contributed by atoms with Crippen LogP contribution in [0.5, 0.6) is 0 Å². The van der Waals surface area contributed by atoms with Gasteiger partial charge in [0, 0.05) is 12.6 Å². The Hall–Kier alpha value is -1.08. The summed E-state index contributed by atoms with van der Waals surface area (Å²) in [5.41, 5.74) is -0.951. The Bertz CT molecular complexity index is 539. The van der Waals surface area contributed by atoms with Crippen LogP contribution in [0.3, 0.4) is 0 Å². The third kappa shape index (κ3) is 2.30. The van der Waals surface area contributed by atoms with Gasteiger partial charge in [0.1, 0.15) is 0 Å². The Morgan fingerprint density at radius 1 is 1.35 bits per heavy atom. The molecule has 2 unspecified atom stereocenters. The number of hydrogen-bond acceptors (Lipinski definition) is 2. The van der Waals surface area contributed by atoms with Crippen molar-refractivity contribution in [3.05, 3.63) is 29.8 Å². The summed E-state index contributed by atoms with van der Waals surface area (Å²) in [4.78, 5) is -0.309. The van der Waals surface area contributed by atoms with Gasteiger partial charge in [-0.2, -0.15) is 17.5 Å². The Morgan fingerprint density at radius 3 is 2.41 bits per heavy atom. The maximum absolute atomic E-state index is 12.4. The van der Waals surface area contributed by atoms with Crippen LogP contribution in [0.4, 0.5) is 13.2 Å². The molecule has 0 spiro atoms. The second-order valence-corrected chi connectivity index (χ2v) is 5.84. The van der Waals surface area contributed by atoms with Gasteiger partial charge in [-0.1, -0.05) is 6.07 Å². The Morgan fingerprint density at radius 2 is 1.94 bits per heavy atom. The molecule has 0 aromatic heterocycles. The fourth-order valence-electron chi connectivity index (χ4n) is 1.52. The first-order valence-electron chi connectivity index (χ1n) is 4.92. The lowest BCUT2D eigenvalue weighted by Gasteiger charge is -2.09. The van der Waals surface area contributed by atoms with Crippen LogP contribution in [-0.2, 0) is 16.2 Å². The van der Waals surface area contributed by atoms with Crippen LogP contribution >= 0.6 is 0 Å². The molecule has 3 nitrogen and oxygen atoms in total. The first-order chi connectivity index (χ1) is 7.73. The van der Waals surface area contributed by atoms with E-state index in [1.807, 2.05) is 0 Å². The zero-order valence-electron chi connectivity index (χ0n) is 8.90. The molecule has 0 bridgehead atoms. The zero-order chi connectivity index (χ0) is 12.8. The summed E-state index contributed by atoms with van der Waals surface area (Å²) in [5.74, 6) is 0. The van der Waals surface area contributed by atoms with Crippen LogP contribution in [0.2, 0.25) is 0 Å². The van der Waals surface area contributed by atoms with Gasteiger partial charge in [0.15, 0.2) is 0 Å². The molecule has 2 rings (SSSR count). The van der Waals surface area contributed by atoms with Crippen molar-refractivity contribution in [2.24, 2.45) is 0 Å². The molecule has 1 aliphatic rings. The highest BCUT2D eigenvalue weighted by Crippen LogP contribution is 2.33. The van der Waals surface area contributed by atoms with Crippen LogP contribution in [0.15, 0.2) is 29.2 Å². The number of alkyl halides is 3. The van der Waals surface area contributed by atoms with Crippen molar-refractivity contribution in [2.45, 2.75) is 24.0 Å². The lowest BCUT2D eigenvalue weighted by molar-refractivity contribution is -0.137. The molecule has 1 aromatic rings. The summed E-state index contributed by atoms with van der Waals surface area (Å²) >= 11 is 0. The van der Waals surface area contributed by atoms with Crippen molar-refractivity contribution in [3.63, 3.8) is 0 Å². The van der Waals surface area contributed by atoms with Gasteiger partial charge in [-0.05, 0) is 25.1 Å². The van der Waals surface area contributed by atoms with Crippen LogP contribution in [0.25, 0.3) is 0 Å². The SMILES string of the molecule is CC1CN1S(=O)(=O)c1cccc(C(F)(F)F)c1. The van der Waals surface area contributed by atoms with Crippen LogP contribution in [0, 0.1) is 0 Å². The lowest BCUT2D eigenvalue weighted by atomic mass is 10.2. The van der Waals surface area contributed by atoms with E-state index in [1.54, 1.807) is 6.92 Å². The molecule has 0 radical (unpaired) electrons. The predicted octanol–water partition coefficient (Wildman–Crippen LogP) is 2.10. The standard InChI is InChI=1S/C10H10F3NO2S/c1-7-6-14(7)17(15,16)9-4-2-3-8(5-9)10(11,12)13/h2-5,7H,6H2,1H3. The molecular formula is C10H10F3NO2S. The quantitative estimate of drug-likeness (QED) is 0.768. The van der Waals surface area contributed by atoms with Crippen molar-refractivity contribution < 1.29 is 21.6 Å². The minimum atomic E-state index is -4.53. The maximum Gasteiger partial charge on any atom is 0.416 e. The van der Waals surface area contributed by atoms with Crippen LogP contribution < -0.4 is 0 Å². The molecule has 1 heterocycles.